The van der Waals surface area contributed by atoms with E-state index in [9.17, 15) is 5.11 Å². The molecule has 0 spiro atoms. The van der Waals surface area contributed by atoms with Crippen LogP contribution in [0.15, 0.2) is 22.7 Å². The Labute approximate surface area is 105 Å². The molecule has 2 nitrogen and oxygen atoms in total. The number of phenols is 1. The van der Waals surface area contributed by atoms with Crippen LogP contribution in [0.1, 0.15) is 31.9 Å². The highest BCUT2D eigenvalue weighted by Crippen LogP contribution is 2.29. The summed E-state index contributed by atoms with van der Waals surface area (Å²) in [6.07, 6.45) is 0.912. The van der Waals surface area contributed by atoms with E-state index in [0.29, 0.717) is 12.3 Å². The van der Waals surface area contributed by atoms with Gasteiger partial charge in [0.05, 0.1) is 6.54 Å². The van der Waals surface area contributed by atoms with Crippen LogP contribution in [0.4, 0.5) is 0 Å². The van der Waals surface area contributed by atoms with Gasteiger partial charge >= 0.3 is 0 Å². The van der Waals surface area contributed by atoms with Crippen molar-refractivity contribution in [1.82, 2.24) is 5.32 Å². The minimum Gasteiger partial charge on any atom is -0.508 e. The van der Waals surface area contributed by atoms with Crippen molar-refractivity contribution in [2.45, 2.75) is 26.3 Å². The van der Waals surface area contributed by atoms with E-state index in [0.717, 1.165) is 16.5 Å². The second kappa shape index (κ2) is 6.57. The summed E-state index contributed by atoms with van der Waals surface area (Å²) in [5.41, 5.74) is 0.912. The summed E-state index contributed by atoms with van der Waals surface area (Å²) in [5, 5.41) is 13.1. The van der Waals surface area contributed by atoms with Gasteiger partial charge in [0.25, 0.3) is 0 Å². The molecule has 0 aliphatic heterocycles. The van der Waals surface area contributed by atoms with Crippen LogP contribution in [-0.4, -0.2) is 11.7 Å². The Balaban J connectivity index is 2.84. The third-order valence-electron chi connectivity index (χ3n) is 2.39. The molecule has 86 valence electrons. The van der Waals surface area contributed by atoms with Crippen molar-refractivity contribution in [3.05, 3.63) is 28.2 Å². The summed E-state index contributed by atoms with van der Waals surface area (Å²) in [6.45, 7) is 4.54. The van der Waals surface area contributed by atoms with Crippen LogP contribution in [-0.2, 0) is 0 Å². The Morgan fingerprint density at radius 3 is 2.88 bits per heavy atom. The fraction of sp³-hybridized carbons (Fsp3) is 0.385. The summed E-state index contributed by atoms with van der Waals surface area (Å²) in [5.74, 6) is 6.13. The summed E-state index contributed by atoms with van der Waals surface area (Å²) in [4.78, 5) is 0. The largest absolute Gasteiger partial charge is 0.508 e. The van der Waals surface area contributed by atoms with E-state index >= 15 is 0 Å². The van der Waals surface area contributed by atoms with E-state index in [1.807, 2.05) is 19.1 Å². The zero-order valence-corrected chi connectivity index (χ0v) is 11.1. The minimum atomic E-state index is 0.137. The number of rotatable bonds is 4. The van der Waals surface area contributed by atoms with E-state index in [1.54, 1.807) is 6.07 Å². The predicted octanol–water partition coefficient (Wildman–Crippen LogP) is 3.22. The number of halogens is 1. The number of hydrogen-bond donors (Lipinski definition) is 2. The van der Waals surface area contributed by atoms with Crippen molar-refractivity contribution in [1.29, 1.82) is 0 Å². The number of hydrogen-bond acceptors (Lipinski definition) is 2. The number of benzene rings is 1. The van der Waals surface area contributed by atoms with Crippen LogP contribution >= 0.6 is 15.9 Å². The molecule has 16 heavy (non-hydrogen) atoms. The molecule has 3 heteroatoms. The molecule has 2 N–H and O–H groups in total. The van der Waals surface area contributed by atoms with Crippen molar-refractivity contribution in [3.63, 3.8) is 0 Å². The Morgan fingerprint density at radius 2 is 2.25 bits per heavy atom. The molecule has 0 aliphatic rings. The molecule has 1 atom stereocenters. The molecule has 1 rings (SSSR count). The SMILES string of the molecule is CC#CCNC(CC)c1cc(Br)ccc1O. The summed E-state index contributed by atoms with van der Waals surface area (Å²) in [7, 11) is 0. The molecule has 0 aliphatic carbocycles. The quantitative estimate of drug-likeness (QED) is 0.831. The van der Waals surface area contributed by atoms with E-state index < -0.39 is 0 Å². The highest BCUT2D eigenvalue weighted by Gasteiger charge is 2.12. The van der Waals surface area contributed by atoms with Crippen LogP contribution < -0.4 is 5.32 Å². The molecular weight excluding hydrogens is 266 g/mol. The van der Waals surface area contributed by atoms with Gasteiger partial charge in [-0.2, -0.15) is 0 Å². The van der Waals surface area contributed by atoms with Gasteiger partial charge in [0.15, 0.2) is 0 Å². The van der Waals surface area contributed by atoms with Crippen LogP contribution in [0, 0.1) is 11.8 Å². The topological polar surface area (TPSA) is 32.3 Å². The molecule has 0 fully saturated rings. The summed E-state index contributed by atoms with van der Waals surface area (Å²) in [6, 6.07) is 5.61. The molecule has 0 aromatic heterocycles. The molecule has 0 saturated carbocycles. The van der Waals surface area contributed by atoms with Gasteiger partial charge in [-0.25, -0.2) is 0 Å². The Bertz CT molecular complexity index is 406. The Morgan fingerprint density at radius 1 is 1.50 bits per heavy atom. The highest BCUT2D eigenvalue weighted by atomic mass is 79.9. The summed E-state index contributed by atoms with van der Waals surface area (Å²) >= 11 is 3.41. The monoisotopic (exact) mass is 281 g/mol. The van der Waals surface area contributed by atoms with Gasteiger partial charge in [-0.15, -0.1) is 5.92 Å². The average Bonchev–Trinajstić information content (AvgIpc) is 2.28. The van der Waals surface area contributed by atoms with E-state index in [-0.39, 0.29) is 6.04 Å². The summed E-state index contributed by atoms with van der Waals surface area (Å²) < 4.78 is 0.974. The maximum Gasteiger partial charge on any atom is 0.120 e. The normalized spacial score (nSPS) is 11.7. The third kappa shape index (κ3) is 3.55. The van der Waals surface area contributed by atoms with E-state index in [2.05, 4.69) is 40.0 Å². The van der Waals surface area contributed by atoms with E-state index in [4.69, 9.17) is 0 Å². The average molecular weight is 282 g/mol. The molecule has 0 bridgehead atoms. The number of aromatic hydroxyl groups is 1. The lowest BCUT2D eigenvalue weighted by Crippen LogP contribution is -2.21. The number of nitrogens with one attached hydrogen (secondary N) is 1. The van der Waals surface area contributed by atoms with Crippen molar-refractivity contribution < 1.29 is 5.11 Å². The first-order valence-electron chi connectivity index (χ1n) is 5.30. The van der Waals surface area contributed by atoms with Gasteiger partial charge in [0.2, 0.25) is 0 Å². The van der Waals surface area contributed by atoms with Gasteiger partial charge in [0, 0.05) is 16.1 Å². The molecule has 1 aromatic carbocycles. The zero-order chi connectivity index (χ0) is 12.0. The third-order valence-corrected chi connectivity index (χ3v) is 2.88. The molecule has 1 aromatic rings. The first-order chi connectivity index (χ1) is 7.69. The molecular formula is C13H16BrNO. The number of phenolic OH excluding ortho intramolecular Hbond substituents is 1. The van der Waals surface area contributed by atoms with Gasteiger partial charge in [0.1, 0.15) is 5.75 Å². The lowest BCUT2D eigenvalue weighted by Gasteiger charge is -2.17. The molecule has 0 radical (unpaired) electrons. The van der Waals surface area contributed by atoms with Gasteiger partial charge in [-0.05, 0) is 31.5 Å². The lowest BCUT2D eigenvalue weighted by atomic mass is 10.0. The van der Waals surface area contributed by atoms with Gasteiger partial charge < -0.3 is 5.11 Å². The van der Waals surface area contributed by atoms with Crippen molar-refractivity contribution in [3.8, 4) is 17.6 Å². The fourth-order valence-corrected chi connectivity index (χ4v) is 1.92. The molecule has 0 amide bonds. The van der Waals surface area contributed by atoms with Crippen molar-refractivity contribution in [2.75, 3.05) is 6.54 Å². The van der Waals surface area contributed by atoms with E-state index in [1.165, 1.54) is 0 Å². The predicted molar refractivity (Wildman–Crippen MR) is 70.3 cm³/mol. The van der Waals surface area contributed by atoms with Crippen LogP contribution in [0.25, 0.3) is 0 Å². The Hall–Kier alpha value is -0.980. The van der Waals surface area contributed by atoms with Crippen LogP contribution in [0.2, 0.25) is 0 Å². The van der Waals surface area contributed by atoms with Crippen LogP contribution in [0.5, 0.6) is 5.75 Å². The first-order valence-corrected chi connectivity index (χ1v) is 6.09. The molecule has 0 saturated heterocycles. The maximum absolute atomic E-state index is 9.80. The second-order valence-corrected chi connectivity index (χ2v) is 4.39. The van der Waals surface area contributed by atoms with Crippen molar-refractivity contribution >= 4 is 15.9 Å². The van der Waals surface area contributed by atoms with Gasteiger partial charge in [-0.1, -0.05) is 28.8 Å². The lowest BCUT2D eigenvalue weighted by molar-refractivity contribution is 0.447. The first kappa shape index (κ1) is 13.1. The van der Waals surface area contributed by atoms with Gasteiger partial charge in [-0.3, -0.25) is 5.32 Å². The Kier molecular flexibility index (Phi) is 5.37. The minimum absolute atomic E-state index is 0.137. The molecule has 1 unspecified atom stereocenters. The van der Waals surface area contributed by atoms with Crippen LogP contribution in [0.3, 0.4) is 0 Å². The second-order valence-electron chi connectivity index (χ2n) is 3.47. The standard InChI is InChI=1S/C13H16BrNO/c1-3-5-8-15-12(4-2)11-9-10(14)6-7-13(11)16/h6-7,9,12,15-16H,4,8H2,1-2H3. The van der Waals surface area contributed by atoms with Crippen molar-refractivity contribution in [2.24, 2.45) is 0 Å². The smallest absolute Gasteiger partial charge is 0.120 e. The maximum atomic E-state index is 9.80. The molecule has 0 heterocycles. The fourth-order valence-electron chi connectivity index (χ4n) is 1.54. The zero-order valence-electron chi connectivity index (χ0n) is 9.55. The highest BCUT2D eigenvalue weighted by molar-refractivity contribution is 9.10.